The highest BCUT2D eigenvalue weighted by molar-refractivity contribution is 5.96. The highest BCUT2D eigenvalue weighted by Gasteiger charge is 2.23. The van der Waals surface area contributed by atoms with E-state index in [9.17, 15) is 4.79 Å². The third-order valence-corrected chi connectivity index (χ3v) is 5.17. The molecule has 1 N–H and O–H groups in total. The SMILES string of the molecule is Cc1ncnc(C)c1C(=O)NCC1CCCN(Cc2noc(-c3ccco3)n2)C1. The van der Waals surface area contributed by atoms with Crippen molar-refractivity contribution in [2.75, 3.05) is 19.6 Å². The lowest BCUT2D eigenvalue weighted by Gasteiger charge is -2.31. The van der Waals surface area contributed by atoms with Crippen molar-refractivity contribution in [3.05, 3.63) is 47.5 Å². The number of amides is 1. The molecule has 1 fully saturated rings. The Morgan fingerprint density at radius 3 is 2.90 bits per heavy atom. The zero-order valence-corrected chi connectivity index (χ0v) is 16.6. The Labute approximate surface area is 168 Å². The molecule has 1 aliphatic rings. The smallest absolute Gasteiger partial charge is 0.293 e. The number of nitrogens with zero attached hydrogens (tertiary/aromatic N) is 5. The summed E-state index contributed by atoms with van der Waals surface area (Å²) in [5, 5.41) is 7.10. The molecule has 4 heterocycles. The van der Waals surface area contributed by atoms with Crippen LogP contribution in [0.25, 0.3) is 11.7 Å². The lowest BCUT2D eigenvalue weighted by atomic mass is 9.97. The van der Waals surface area contributed by atoms with E-state index < -0.39 is 0 Å². The molecule has 3 aromatic rings. The molecule has 4 rings (SSSR count). The molecule has 3 aromatic heterocycles. The first-order chi connectivity index (χ1) is 14.1. The molecule has 0 saturated carbocycles. The molecule has 0 aromatic carbocycles. The molecule has 152 valence electrons. The van der Waals surface area contributed by atoms with Gasteiger partial charge >= 0.3 is 0 Å². The number of aromatic nitrogens is 4. The maximum Gasteiger partial charge on any atom is 0.293 e. The van der Waals surface area contributed by atoms with Crippen molar-refractivity contribution in [3.8, 4) is 11.7 Å². The molecule has 9 nitrogen and oxygen atoms in total. The Hall–Kier alpha value is -3.07. The maximum atomic E-state index is 12.6. The maximum absolute atomic E-state index is 12.6. The fourth-order valence-electron chi connectivity index (χ4n) is 3.73. The van der Waals surface area contributed by atoms with Crippen LogP contribution in [0.4, 0.5) is 0 Å². The number of rotatable bonds is 6. The number of carbonyl (C=O) groups is 1. The molecule has 0 radical (unpaired) electrons. The van der Waals surface area contributed by atoms with Crippen molar-refractivity contribution in [2.45, 2.75) is 33.2 Å². The number of hydrogen-bond acceptors (Lipinski definition) is 8. The monoisotopic (exact) mass is 396 g/mol. The van der Waals surface area contributed by atoms with Gasteiger partial charge in [-0.05, 0) is 51.3 Å². The summed E-state index contributed by atoms with van der Waals surface area (Å²) in [6, 6.07) is 3.57. The second kappa shape index (κ2) is 8.52. The van der Waals surface area contributed by atoms with Crippen LogP contribution in [-0.4, -0.2) is 50.5 Å². The van der Waals surface area contributed by atoms with E-state index in [1.54, 1.807) is 18.4 Å². The van der Waals surface area contributed by atoms with E-state index in [1.165, 1.54) is 6.33 Å². The standard InChI is InChI=1S/C20H24N6O3/c1-13-18(14(2)23-12-22-13)19(27)21-9-15-5-3-7-26(10-15)11-17-24-20(29-25-17)16-6-4-8-28-16/h4,6,8,12,15H,3,5,7,9-11H2,1-2H3,(H,21,27). The largest absolute Gasteiger partial charge is 0.459 e. The van der Waals surface area contributed by atoms with Gasteiger partial charge in [-0.3, -0.25) is 9.69 Å². The second-order valence-corrected chi connectivity index (χ2v) is 7.37. The summed E-state index contributed by atoms with van der Waals surface area (Å²) < 4.78 is 10.6. The minimum Gasteiger partial charge on any atom is -0.459 e. The summed E-state index contributed by atoms with van der Waals surface area (Å²) >= 11 is 0. The fourth-order valence-corrected chi connectivity index (χ4v) is 3.73. The summed E-state index contributed by atoms with van der Waals surface area (Å²) in [4.78, 5) is 27.5. The van der Waals surface area contributed by atoms with Crippen LogP contribution in [0.2, 0.25) is 0 Å². The predicted molar refractivity (Wildman–Crippen MR) is 104 cm³/mol. The first kappa shape index (κ1) is 19.3. The first-order valence-electron chi connectivity index (χ1n) is 9.75. The van der Waals surface area contributed by atoms with Crippen molar-refractivity contribution >= 4 is 5.91 Å². The molecule has 1 saturated heterocycles. The van der Waals surface area contributed by atoms with Gasteiger partial charge in [-0.15, -0.1) is 0 Å². The molecule has 0 aliphatic carbocycles. The summed E-state index contributed by atoms with van der Waals surface area (Å²) in [6.45, 7) is 6.72. The molecule has 0 bridgehead atoms. The Bertz CT molecular complexity index is 948. The predicted octanol–water partition coefficient (Wildman–Crippen LogP) is 2.38. The molecule has 29 heavy (non-hydrogen) atoms. The van der Waals surface area contributed by atoms with Crippen LogP contribution in [0.5, 0.6) is 0 Å². The second-order valence-electron chi connectivity index (χ2n) is 7.37. The van der Waals surface area contributed by atoms with Crippen LogP contribution in [0.15, 0.2) is 33.7 Å². The number of hydrogen-bond donors (Lipinski definition) is 1. The van der Waals surface area contributed by atoms with Gasteiger partial charge < -0.3 is 14.3 Å². The summed E-state index contributed by atoms with van der Waals surface area (Å²) in [6.07, 6.45) is 5.20. The molecular formula is C20H24N6O3. The van der Waals surface area contributed by atoms with Crippen LogP contribution in [0.1, 0.15) is 40.4 Å². The molecule has 1 aliphatic heterocycles. The topological polar surface area (TPSA) is 110 Å². The highest BCUT2D eigenvalue weighted by Crippen LogP contribution is 2.20. The van der Waals surface area contributed by atoms with Gasteiger partial charge in [-0.25, -0.2) is 9.97 Å². The number of furan rings is 1. The summed E-state index contributed by atoms with van der Waals surface area (Å²) in [5.41, 5.74) is 1.96. The zero-order chi connectivity index (χ0) is 20.2. The average Bonchev–Trinajstić information content (AvgIpc) is 3.38. The van der Waals surface area contributed by atoms with Crippen LogP contribution in [-0.2, 0) is 6.54 Å². The van der Waals surface area contributed by atoms with Gasteiger partial charge in [0.1, 0.15) is 6.33 Å². The van der Waals surface area contributed by atoms with E-state index in [1.807, 2.05) is 13.8 Å². The van der Waals surface area contributed by atoms with Gasteiger partial charge in [-0.1, -0.05) is 5.16 Å². The minimum atomic E-state index is -0.112. The highest BCUT2D eigenvalue weighted by atomic mass is 16.5. The lowest BCUT2D eigenvalue weighted by molar-refractivity contribution is 0.0927. The van der Waals surface area contributed by atoms with Gasteiger partial charge in [0.15, 0.2) is 11.6 Å². The third kappa shape index (κ3) is 4.51. The summed E-state index contributed by atoms with van der Waals surface area (Å²) in [5.74, 6) is 1.85. The fraction of sp³-hybridized carbons (Fsp3) is 0.450. The van der Waals surface area contributed by atoms with Crippen molar-refractivity contribution < 1.29 is 13.7 Å². The van der Waals surface area contributed by atoms with Crippen molar-refractivity contribution in [2.24, 2.45) is 5.92 Å². The van der Waals surface area contributed by atoms with E-state index in [2.05, 4.69) is 30.3 Å². The number of piperidine rings is 1. The van der Waals surface area contributed by atoms with Gasteiger partial charge in [0.25, 0.3) is 11.8 Å². The Morgan fingerprint density at radius 1 is 1.31 bits per heavy atom. The normalized spacial score (nSPS) is 17.4. The van der Waals surface area contributed by atoms with E-state index in [0.29, 0.717) is 53.4 Å². The molecule has 9 heteroatoms. The molecular weight excluding hydrogens is 372 g/mol. The van der Waals surface area contributed by atoms with Gasteiger partial charge in [0.05, 0.1) is 29.8 Å². The van der Waals surface area contributed by atoms with Crippen molar-refractivity contribution in [3.63, 3.8) is 0 Å². The third-order valence-electron chi connectivity index (χ3n) is 5.17. The number of nitrogens with one attached hydrogen (secondary N) is 1. The van der Waals surface area contributed by atoms with Crippen LogP contribution >= 0.6 is 0 Å². The van der Waals surface area contributed by atoms with Gasteiger partial charge in [-0.2, -0.15) is 4.98 Å². The van der Waals surface area contributed by atoms with E-state index >= 15 is 0 Å². The Kier molecular flexibility index (Phi) is 5.66. The Morgan fingerprint density at radius 2 is 2.14 bits per heavy atom. The molecule has 0 spiro atoms. The van der Waals surface area contributed by atoms with Crippen molar-refractivity contribution in [1.29, 1.82) is 0 Å². The van der Waals surface area contributed by atoms with E-state index in [0.717, 1.165) is 25.9 Å². The summed E-state index contributed by atoms with van der Waals surface area (Å²) in [7, 11) is 0. The average molecular weight is 396 g/mol. The van der Waals surface area contributed by atoms with Gasteiger partial charge in [0, 0.05) is 13.1 Å². The lowest BCUT2D eigenvalue weighted by Crippen LogP contribution is -2.41. The molecule has 1 atom stereocenters. The van der Waals surface area contributed by atoms with E-state index in [4.69, 9.17) is 8.94 Å². The van der Waals surface area contributed by atoms with Gasteiger partial charge in [0.2, 0.25) is 0 Å². The number of aryl methyl sites for hydroxylation is 2. The van der Waals surface area contributed by atoms with E-state index in [-0.39, 0.29) is 5.91 Å². The molecule has 1 amide bonds. The van der Waals surface area contributed by atoms with Crippen LogP contribution < -0.4 is 5.32 Å². The molecule has 1 unspecified atom stereocenters. The number of likely N-dealkylation sites (tertiary alicyclic amines) is 1. The number of carbonyl (C=O) groups excluding carboxylic acids is 1. The van der Waals surface area contributed by atoms with Crippen LogP contribution in [0.3, 0.4) is 0 Å². The quantitative estimate of drug-likeness (QED) is 0.676. The zero-order valence-electron chi connectivity index (χ0n) is 16.6. The minimum absolute atomic E-state index is 0.112. The van der Waals surface area contributed by atoms with Crippen LogP contribution in [0, 0.1) is 19.8 Å². The first-order valence-corrected chi connectivity index (χ1v) is 9.75. The van der Waals surface area contributed by atoms with Crippen molar-refractivity contribution in [1.82, 2.24) is 30.3 Å². The Balaban J connectivity index is 1.31.